The van der Waals surface area contributed by atoms with Gasteiger partial charge >= 0.3 is 0 Å². The number of nitrogens with zero attached hydrogens (tertiary/aromatic N) is 1. The second kappa shape index (κ2) is 4.61. The molecule has 1 fully saturated rings. The smallest absolute Gasteiger partial charge is 0.108 e. The van der Waals surface area contributed by atoms with E-state index in [2.05, 4.69) is 18.7 Å². The summed E-state index contributed by atoms with van der Waals surface area (Å²) < 4.78 is 0. The lowest BCUT2D eigenvalue weighted by Gasteiger charge is -2.25. The van der Waals surface area contributed by atoms with E-state index in [0.717, 1.165) is 25.4 Å². The fourth-order valence-electron chi connectivity index (χ4n) is 2.15. The Morgan fingerprint density at radius 1 is 1.62 bits per heavy atom. The van der Waals surface area contributed by atoms with Gasteiger partial charge in [0.25, 0.3) is 0 Å². The van der Waals surface area contributed by atoms with Gasteiger partial charge in [0.05, 0.1) is 6.04 Å². The molecule has 3 N–H and O–H groups in total. The van der Waals surface area contributed by atoms with Crippen molar-refractivity contribution in [2.24, 2.45) is 11.7 Å². The topological polar surface area (TPSA) is 53.1 Å². The first-order valence-electron chi connectivity index (χ1n) is 5.27. The predicted molar refractivity (Wildman–Crippen MR) is 56.0 cm³/mol. The van der Waals surface area contributed by atoms with Gasteiger partial charge in [-0.1, -0.05) is 20.3 Å². The van der Waals surface area contributed by atoms with Crippen LogP contribution in [0, 0.1) is 11.3 Å². The van der Waals surface area contributed by atoms with Gasteiger partial charge in [0.1, 0.15) is 5.84 Å². The van der Waals surface area contributed by atoms with Crippen LogP contribution in [0.1, 0.15) is 33.1 Å². The van der Waals surface area contributed by atoms with Crippen molar-refractivity contribution in [2.75, 3.05) is 13.1 Å². The van der Waals surface area contributed by atoms with Crippen LogP contribution in [-0.4, -0.2) is 29.9 Å². The maximum atomic E-state index is 7.48. The molecule has 1 rings (SSSR count). The molecule has 1 heterocycles. The standard InChI is InChI=1S/C10H21N3/c1-3-8-5-6-13(7-8)9(4-2)10(11)12/h8-9H,3-7H2,1-2H3,(H3,11,12). The average Bonchev–Trinajstić information content (AvgIpc) is 2.53. The number of hydrogen-bond donors (Lipinski definition) is 2. The molecule has 1 saturated heterocycles. The second-order valence-corrected chi connectivity index (χ2v) is 3.94. The zero-order valence-corrected chi connectivity index (χ0v) is 8.71. The molecule has 76 valence electrons. The molecule has 1 aliphatic heterocycles. The fraction of sp³-hybridized carbons (Fsp3) is 0.900. The van der Waals surface area contributed by atoms with Crippen LogP contribution in [0.2, 0.25) is 0 Å². The first-order chi connectivity index (χ1) is 6.19. The molecule has 2 unspecified atom stereocenters. The van der Waals surface area contributed by atoms with Gasteiger partial charge in [-0.2, -0.15) is 0 Å². The molecule has 3 heteroatoms. The van der Waals surface area contributed by atoms with Gasteiger partial charge in [0, 0.05) is 6.54 Å². The normalized spacial score (nSPS) is 26.2. The van der Waals surface area contributed by atoms with Crippen LogP contribution in [0.15, 0.2) is 0 Å². The number of rotatable bonds is 4. The summed E-state index contributed by atoms with van der Waals surface area (Å²) in [5, 5.41) is 7.48. The summed E-state index contributed by atoms with van der Waals surface area (Å²) in [7, 11) is 0. The molecule has 3 nitrogen and oxygen atoms in total. The quantitative estimate of drug-likeness (QED) is 0.512. The first-order valence-corrected chi connectivity index (χ1v) is 5.27. The van der Waals surface area contributed by atoms with Gasteiger partial charge in [0.2, 0.25) is 0 Å². The molecular formula is C10H21N3. The summed E-state index contributed by atoms with van der Waals surface area (Å²) in [6, 6.07) is 0.191. The molecule has 0 saturated carbocycles. The molecule has 0 aromatic rings. The van der Waals surface area contributed by atoms with E-state index in [9.17, 15) is 0 Å². The molecule has 0 amide bonds. The van der Waals surface area contributed by atoms with E-state index < -0.39 is 0 Å². The van der Waals surface area contributed by atoms with Crippen LogP contribution in [0.4, 0.5) is 0 Å². The molecule has 0 aliphatic carbocycles. The van der Waals surface area contributed by atoms with Gasteiger partial charge < -0.3 is 5.73 Å². The molecule has 0 aromatic carbocycles. The SMILES string of the molecule is CCC1CCN(C(CC)C(=N)N)C1. The minimum atomic E-state index is 0.191. The monoisotopic (exact) mass is 183 g/mol. The van der Waals surface area contributed by atoms with E-state index in [1.807, 2.05) is 0 Å². The number of nitrogens with two attached hydrogens (primary N) is 1. The van der Waals surface area contributed by atoms with Gasteiger partial charge in [-0.15, -0.1) is 0 Å². The zero-order chi connectivity index (χ0) is 9.84. The molecule has 0 spiro atoms. The van der Waals surface area contributed by atoms with Crippen LogP contribution in [0.5, 0.6) is 0 Å². The maximum Gasteiger partial charge on any atom is 0.108 e. The van der Waals surface area contributed by atoms with E-state index >= 15 is 0 Å². The minimum Gasteiger partial charge on any atom is -0.386 e. The van der Waals surface area contributed by atoms with Gasteiger partial charge in [-0.3, -0.25) is 10.3 Å². The average molecular weight is 183 g/mol. The summed E-state index contributed by atoms with van der Waals surface area (Å²) in [5.41, 5.74) is 5.56. The third-order valence-corrected chi connectivity index (χ3v) is 3.08. The molecule has 0 aromatic heterocycles. The summed E-state index contributed by atoms with van der Waals surface area (Å²) in [6.45, 7) is 6.60. The number of nitrogens with one attached hydrogen (secondary N) is 1. The third-order valence-electron chi connectivity index (χ3n) is 3.08. The summed E-state index contributed by atoms with van der Waals surface area (Å²) >= 11 is 0. The van der Waals surface area contributed by atoms with Crippen molar-refractivity contribution in [3.63, 3.8) is 0 Å². The van der Waals surface area contributed by atoms with Gasteiger partial charge in [-0.05, 0) is 25.3 Å². The Morgan fingerprint density at radius 2 is 2.31 bits per heavy atom. The minimum absolute atomic E-state index is 0.191. The van der Waals surface area contributed by atoms with Crippen molar-refractivity contribution >= 4 is 5.84 Å². The van der Waals surface area contributed by atoms with Crippen molar-refractivity contribution in [2.45, 2.75) is 39.2 Å². The van der Waals surface area contributed by atoms with Crippen molar-refractivity contribution in [1.29, 1.82) is 5.41 Å². The van der Waals surface area contributed by atoms with Crippen LogP contribution in [0.25, 0.3) is 0 Å². The Morgan fingerprint density at radius 3 is 2.69 bits per heavy atom. The highest BCUT2D eigenvalue weighted by molar-refractivity contribution is 5.82. The van der Waals surface area contributed by atoms with Crippen LogP contribution >= 0.6 is 0 Å². The summed E-state index contributed by atoms with van der Waals surface area (Å²) in [6.07, 6.45) is 3.50. The third kappa shape index (κ3) is 2.44. The van der Waals surface area contributed by atoms with E-state index in [-0.39, 0.29) is 6.04 Å². The van der Waals surface area contributed by atoms with E-state index in [4.69, 9.17) is 11.1 Å². The summed E-state index contributed by atoms with van der Waals surface area (Å²) in [5.74, 6) is 1.16. The largest absolute Gasteiger partial charge is 0.386 e. The molecule has 0 bridgehead atoms. The highest BCUT2D eigenvalue weighted by Crippen LogP contribution is 2.21. The van der Waals surface area contributed by atoms with Crippen LogP contribution < -0.4 is 5.73 Å². The predicted octanol–water partition coefficient (Wildman–Crippen LogP) is 1.43. The molecule has 13 heavy (non-hydrogen) atoms. The first kappa shape index (κ1) is 10.5. The van der Waals surface area contributed by atoms with E-state index in [1.165, 1.54) is 12.8 Å². The number of hydrogen-bond acceptors (Lipinski definition) is 2. The van der Waals surface area contributed by atoms with Crippen molar-refractivity contribution in [3.8, 4) is 0 Å². The maximum absolute atomic E-state index is 7.48. The van der Waals surface area contributed by atoms with Crippen LogP contribution in [-0.2, 0) is 0 Å². The van der Waals surface area contributed by atoms with Crippen molar-refractivity contribution in [3.05, 3.63) is 0 Å². The highest BCUT2D eigenvalue weighted by atomic mass is 15.2. The molecule has 0 radical (unpaired) electrons. The Labute approximate surface area is 80.8 Å². The Kier molecular flexibility index (Phi) is 3.72. The molecule has 1 aliphatic rings. The zero-order valence-electron chi connectivity index (χ0n) is 8.71. The Balaban J connectivity index is 2.48. The second-order valence-electron chi connectivity index (χ2n) is 3.94. The molecular weight excluding hydrogens is 162 g/mol. The molecule has 2 atom stereocenters. The lowest BCUT2D eigenvalue weighted by atomic mass is 10.1. The highest BCUT2D eigenvalue weighted by Gasteiger charge is 2.27. The van der Waals surface area contributed by atoms with Gasteiger partial charge in [-0.25, -0.2) is 0 Å². The van der Waals surface area contributed by atoms with Crippen molar-refractivity contribution < 1.29 is 0 Å². The van der Waals surface area contributed by atoms with Crippen molar-refractivity contribution in [1.82, 2.24) is 4.90 Å². The lowest BCUT2D eigenvalue weighted by molar-refractivity contribution is 0.278. The lowest BCUT2D eigenvalue weighted by Crippen LogP contribution is -2.42. The summed E-state index contributed by atoms with van der Waals surface area (Å²) in [4.78, 5) is 2.36. The van der Waals surface area contributed by atoms with E-state index in [0.29, 0.717) is 5.84 Å². The number of likely N-dealkylation sites (tertiary alicyclic amines) is 1. The fourth-order valence-corrected chi connectivity index (χ4v) is 2.15. The van der Waals surface area contributed by atoms with Crippen LogP contribution in [0.3, 0.4) is 0 Å². The van der Waals surface area contributed by atoms with Gasteiger partial charge in [0.15, 0.2) is 0 Å². The Bertz CT molecular complexity index is 179. The van der Waals surface area contributed by atoms with E-state index in [1.54, 1.807) is 0 Å². The Hall–Kier alpha value is -0.570. The number of amidine groups is 1.